The van der Waals surface area contributed by atoms with Gasteiger partial charge >= 0.3 is 11.9 Å². The molecule has 2 N–H and O–H groups in total. The maximum absolute atomic E-state index is 9.10. The monoisotopic (exact) mass is 459 g/mol. The van der Waals surface area contributed by atoms with Gasteiger partial charge in [-0.05, 0) is 78.8 Å². The third kappa shape index (κ3) is 9.52. The van der Waals surface area contributed by atoms with Crippen molar-refractivity contribution in [2.24, 2.45) is 5.92 Å². The summed E-state index contributed by atoms with van der Waals surface area (Å²) in [5.74, 6) is -1.83. The number of halogens is 1. The van der Waals surface area contributed by atoms with Crippen LogP contribution in [0, 0.1) is 19.8 Å². The number of rotatable bonds is 7. The first kappa shape index (κ1) is 24.4. The number of aliphatic carboxylic acids is 2. The van der Waals surface area contributed by atoms with Crippen molar-refractivity contribution >= 4 is 27.9 Å². The smallest absolute Gasteiger partial charge is 0.414 e. The highest BCUT2D eigenvalue weighted by atomic mass is 79.9. The molecule has 8 heteroatoms. The van der Waals surface area contributed by atoms with Gasteiger partial charge in [0.1, 0.15) is 12.4 Å². The molecular weight excluding hydrogens is 430 g/mol. The van der Waals surface area contributed by atoms with E-state index in [1.54, 1.807) is 0 Å². The van der Waals surface area contributed by atoms with Gasteiger partial charge in [-0.3, -0.25) is 0 Å². The van der Waals surface area contributed by atoms with Crippen molar-refractivity contribution in [3.05, 3.63) is 27.7 Å². The number of benzene rings is 1. The highest BCUT2D eigenvalue weighted by Gasteiger charge is 2.14. The van der Waals surface area contributed by atoms with Crippen LogP contribution >= 0.6 is 15.9 Å². The van der Waals surface area contributed by atoms with Crippen molar-refractivity contribution in [3.8, 4) is 5.75 Å². The molecular formula is C20H30BrNO6. The van der Waals surface area contributed by atoms with Gasteiger partial charge in [-0.2, -0.15) is 0 Å². The fourth-order valence-corrected chi connectivity index (χ4v) is 3.66. The van der Waals surface area contributed by atoms with Gasteiger partial charge in [-0.1, -0.05) is 13.0 Å². The minimum atomic E-state index is -1.82. The number of hydrogen-bond acceptors (Lipinski definition) is 5. The van der Waals surface area contributed by atoms with E-state index in [1.807, 2.05) is 0 Å². The molecule has 2 rings (SSSR count). The maximum atomic E-state index is 9.10. The first-order valence-electron chi connectivity index (χ1n) is 9.36. The van der Waals surface area contributed by atoms with E-state index in [1.165, 1.54) is 31.5 Å². The molecule has 1 heterocycles. The topological polar surface area (TPSA) is 96.3 Å². The summed E-state index contributed by atoms with van der Waals surface area (Å²) in [6.07, 6.45) is 2.65. The van der Waals surface area contributed by atoms with Crippen molar-refractivity contribution < 1.29 is 29.3 Å². The molecule has 1 aromatic carbocycles. The SMILES string of the molecule is Cc1cc(C)c(OCCOCCN2CCC(C)CC2)c(Br)c1.O=C(O)C(=O)O. The number of likely N-dealkylation sites (tertiary alicyclic amines) is 1. The molecule has 1 fully saturated rings. The summed E-state index contributed by atoms with van der Waals surface area (Å²) in [6, 6.07) is 4.22. The number of carbonyl (C=O) groups is 2. The number of piperidine rings is 1. The van der Waals surface area contributed by atoms with Crippen molar-refractivity contribution in [1.29, 1.82) is 0 Å². The zero-order valence-corrected chi connectivity index (χ0v) is 18.3. The molecule has 0 atom stereocenters. The first-order valence-corrected chi connectivity index (χ1v) is 10.2. The van der Waals surface area contributed by atoms with E-state index in [0.29, 0.717) is 13.2 Å². The lowest BCUT2D eigenvalue weighted by atomic mass is 9.99. The molecule has 0 aliphatic carbocycles. The largest absolute Gasteiger partial charge is 0.490 e. The van der Waals surface area contributed by atoms with Crippen LogP contribution in [0.15, 0.2) is 16.6 Å². The minimum Gasteiger partial charge on any atom is -0.490 e. The molecule has 158 valence electrons. The number of hydrogen-bond donors (Lipinski definition) is 2. The summed E-state index contributed by atoms with van der Waals surface area (Å²) < 4.78 is 12.6. The number of aryl methyl sites for hydroxylation is 2. The molecule has 0 unspecified atom stereocenters. The Labute approximate surface area is 174 Å². The molecule has 0 aromatic heterocycles. The molecule has 1 aliphatic heterocycles. The van der Waals surface area contributed by atoms with Crippen LogP contribution in [0.3, 0.4) is 0 Å². The van der Waals surface area contributed by atoms with E-state index < -0.39 is 11.9 Å². The van der Waals surface area contributed by atoms with E-state index in [9.17, 15) is 0 Å². The molecule has 0 bridgehead atoms. The lowest BCUT2D eigenvalue weighted by Crippen LogP contribution is -2.35. The van der Waals surface area contributed by atoms with E-state index in [4.69, 9.17) is 29.3 Å². The van der Waals surface area contributed by atoms with Gasteiger partial charge in [0.25, 0.3) is 0 Å². The second-order valence-corrected chi connectivity index (χ2v) is 7.84. The van der Waals surface area contributed by atoms with Crippen LogP contribution in [0.25, 0.3) is 0 Å². The minimum absolute atomic E-state index is 0.597. The van der Waals surface area contributed by atoms with E-state index in [-0.39, 0.29) is 0 Å². The van der Waals surface area contributed by atoms with E-state index >= 15 is 0 Å². The Bertz CT molecular complexity index is 609. The second kappa shape index (κ2) is 12.7. The third-order valence-electron chi connectivity index (χ3n) is 4.46. The molecule has 1 aromatic rings. The number of ether oxygens (including phenoxy) is 2. The fraction of sp³-hybridized carbons (Fsp3) is 0.600. The zero-order valence-electron chi connectivity index (χ0n) is 16.7. The predicted molar refractivity (Wildman–Crippen MR) is 110 cm³/mol. The molecule has 7 nitrogen and oxygen atoms in total. The van der Waals surface area contributed by atoms with E-state index in [0.717, 1.165) is 34.9 Å². The van der Waals surface area contributed by atoms with Crippen LogP contribution in [0.4, 0.5) is 0 Å². The van der Waals surface area contributed by atoms with Gasteiger partial charge in [0.05, 0.1) is 17.7 Å². The van der Waals surface area contributed by atoms with Gasteiger partial charge in [-0.15, -0.1) is 0 Å². The molecule has 28 heavy (non-hydrogen) atoms. The van der Waals surface area contributed by atoms with Gasteiger partial charge in [0.15, 0.2) is 0 Å². The Morgan fingerprint density at radius 3 is 2.25 bits per heavy atom. The number of carboxylic acids is 2. The highest BCUT2D eigenvalue weighted by molar-refractivity contribution is 9.10. The van der Waals surface area contributed by atoms with E-state index in [2.05, 4.69) is 53.7 Å². The maximum Gasteiger partial charge on any atom is 0.414 e. The Hall–Kier alpha value is -1.64. The van der Waals surface area contributed by atoms with Crippen LogP contribution in [-0.2, 0) is 14.3 Å². The predicted octanol–water partition coefficient (Wildman–Crippen LogP) is 3.35. The van der Waals surface area contributed by atoms with Crippen LogP contribution in [0.1, 0.15) is 30.9 Å². The summed E-state index contributed by atoms with van der Waals surface area (Å²) in [6.45, 7) is 12.0. The lowest BCUT2D eigenvalue weighted by molar-refractivity contribution is -0.159. The van der Waals surface area contributed by atoms with Crippen LogP contribution in [0.5, 0.6) is 5.75 Å². The molecule has 0 amide bonds. The fourth-order valence-electron chi connectivity index (χ4n) is 2.87. The lowest BCUT2D eigenvalue weighted by Gasteiger charge is -2.29. The standard InChI is InChI=1S/C18H28BrNO2.C2H2O4/c1-14-4-6-20(7-5-14)8-9-21-10-11-22-18-16(3)12-15(2)13-17(18)19;3-1(4)2(5)6/h12-14H,4-11H2,1-3H3;(H,3,4)(H,5,6). The quantitative estimate of drug-likeness (QED) is 0.476. The van der Waals surface area contributed by atoms with Crippen LogP contribution in [0.2, 0.25) is 0 Å². The van der Waals surface area contributed by atoms with Gasteiger partial charge in [0, 0.05) is 6.54 Å². The second-order valence-electron chi connectivity index (χ2n) is 6.99. The Balaban J connectivity index is 0.000000568. The molecule has 1 aliphatic rings. The first-order chi connectivity index (χ1) is 13.2. The summed E-state index contributed by atoms with van der Waals surface area (Å²) in [5, 5.41) is 14.8. The van der Waals surface area contributed by atoms with Crippen molar-refractivity contribution in [2.75, 3.05) is 39.5 Å². The Morgan fingerprint density at radius 2 is 1.71 bits per heavy atom. The van der Waals surface area contributed by atoms with Crippen molar-refractivity contribution in [1.82, 2.24) is 4.90 Å². The molecule has 1 saturated heterocycles. The Kier molecular flexibility index (Phi) is 11.1. The number of carboxylic acid groups (broad SMARTS) is 2. The van der Waals surface area contributed by atoms with Gasteiger partial charge < -0.3 is 24.6 Å². The third-order valence-corrected chi connectivity index (χ3v) is 5.05. The van der Waals surface area contributed by atoms with Crippen molar-refractivity contribution in [3.63, 3.8) is 0 Å². The number of nitrogens with zero attached hydrogens (tertiary/aromatic N) is 1. The highest BCUT2D eigenvalue weighted by Crippen LogP contribution is 2.30. The van der Waals surface area contributed by atoms with Gasteiger partial charge in [0.2, 0.25) is 0 Å². The average molecular weight is 460 g/mol. The normalized spacial score (nSPS) is 14.9. The van der Waals surface area contributed by atoms with Crippen LogP contribution in [-0.4, -0.2) is 66.5 Å². The summed E-state index contributed by atoms with van der Waals surface area (Å²) in [4.78, 5) is 20.7. The molecule has 0 saturated carbocycles. The zero-order chi connectivity index (χ0) is 21.1. The summed E-state index contributed by atoms with van der Waals surface area (Å²) in [5.41, 5.74) is 2.40. The summed E-state index contributed by atoms with van der Waals surface area (Å²) in [7, 11) is 0. The van der Waals surface area contributed by atoms with Crippen LogP contribution < -0.4 is 4.74 Å². The molecule has 0 spiro atoms. The molecule has 0 radical (unpaired) electrons. The summed E-state index contributed by atoms with van der Waals surface area (Å²) >= 11 is 3.57. The Morgan fingerprint density at radius 1 is 1.11 bits per heavy atom. The van der Waals surface area contributed by atoms with Crippen molar-refractivity contribution in [2.45, 2.75) is 33.6 Å². The average Bonchev–Trinajstić information content (AvgIpc) is 2.61. The van der Waals surface area contributed by atoms with Gasteiger partial charge in [-0.25, -0.2) is 9.59 Å².